The van der Waals surface area contributed by atoms with Crippen LogP contribution in [0, 0.1) is 11.7 Å². The molecule has 1 N–H and O–H groups in total. The third-order valence-corrected chi connectivity index (χ3v) is 11.8. The molecule has 2 heterocycles. The number of nitrogens with one attached hydrogen (secondary N) is 1. The van der Waals surface area contributed by atoms with Crippen LogP contribution in [0.3, 0.4) is 0 Å². The minimum absolute atomic E-state index is 0.0369. The highest BCUT2D eigenvalue weighted by molar-refractivity contribution is 6.76. The van der Waals surface area contributed by atoms with Gasteiger partial charge >= 0.3 is 0 Å². The molecular weight excluding hydrogens is 804 g/mol. The van der Waals surface area contributed by atoms with Gasteiger partial charge in [-0.25, -0.2) is 4.39 Å². The maximum atomic E-state index is 14.1. The second-order valence-electron chi connectivity index (χ2n) is 15.7. The number of allylic oxidation sites excluding steroid dienone is 1. The largest absolute Gasteiger partial charge is 0.371 e. The normalized spacial score (nSPS) is 17.3. The van der Waals surface area contributed by atoms with Crippen molar-refractivity contribution in [3.63, 3.8) is 0 Å². The van der Waals surface area contributed by atoms with Crippen LogP contribution in [0.4, 0.5) is 15.8 Å². The zero-order valence-electron chi connectivity index (χ0n) is 35.6. The van der Waals surface area contributed by atoms with Crippen LogP contribution in [0.15, 0.2) is 90.5 Å². The Morgan fingerprint density at radius 1 is 0.746 bits per heavy atom. The maximum Gasteiger partial charge on any atom is 0.271 e. The van der Waals surface area contributed by atoms with Gasteiger partial charge in [-0.15, -0.1) is 0 Å². The second-order valence-corrected chi connectivity index (χ2v) is 17.9. The van der Waals surface area contributed by atoms with Crippen molar-refractivity contribution in [2.75, 3.05) is 75.8 Å². The van der Waals surface area contributed by atoms with E-state index in [0.717, 1.165) is 50.0 Å². The Morgan fingerprint density at radius 2 is 1.29 bits per heavy atom. The van der Waals surface area contributed by atoms with Gasteiger partial charge in [-0.05, 0) is 163 Å². The highest BCUT2D eigenvalue weighted by Crippen LogP contribution is 2.30. The fourth-order valence-corrected chi connectivity index (χ4v) is 8.50. The first-order valence-electron chi connectivity index (χ1n) is 22.0. The topological polar surface area (TPSA) is 59.1 Å². The van der Waals surface area contributed by atoms with Crippen LogP contribution in [-0.2, 0) is 11.2 Å². The molecule has 0 radical (unpaired) electrons. The van der Waals surface area contributed by atoms with Gasteiger partial charge in [0.15, 0.2) is 0 Å². The lowest BCUT2D eigenvalue weighted by Gasteiger charge is -2.31. The summed E-state index contributed by atoms with van der Waals surface area (Å²) in [6, 6.07) is 25.4. The fraction of sp³-hybridized carbons (Fsp3) is 0.542. The molecule has 11 heteroatoms. The first-order valence-corrected chi connectivity index (χ1v) is 23.1. The molecule has 324 valence electrons. The minimum atomic E-state index is -1.82. The van der Waals surface area contributed by atoms with Gasteiger partial charge in [0.2, 0.25) is 0 Å². The Morgan fingerprint density at radius 3 is 1.80 bits per heavy atom. The number of benzene rings is 3. The minimum Gasteiger partial charge on any atom is -0.371 e. The van der Waals surface area contributed by atoms with Crippen molar-refractivity contribution in [1.29, 1.82) is 0 Å². The van der Waals surface area contributed by atoms with E-state index in [1.807, 2.05) is 61.2 Å². The summed E-state index contributed by atoms with van der Waals surface area (Å²) >= 11 is 15.3. The summed E-state index contributed by atoms with van der Waals surface area (Å²) in [5, 5.41) is 2.17. The number of rotatable bonds is 15. The summed E-state index contributed by atoms with van der Waals surface area (Å²) in [5.41, 5.74) is 5.38. The zero-order valence-corrected chi connectivity index (χ0v) is 37.9. The molecule has 6 rings (SSSR count). The van der Waals surface area contributed by atoms with Crippen molar-refractivity contribution in [3.8, 4) is 0 Å². The molecule has 2 fully saturated rings. The van der Waals surface area contributed by atoms with Crippen LogP contribution in [0.2, 0.25) is 0 Å². The van der Waals surface area contributed by atoms with Crippen molar-refractivity contribution in [3.05, 3.63) is 107 Å². The van der Waals surface area contributed by atoms with Gasteiger partial charge in [-0.1, -0.05) is 103 Å². The molecule has 0 saturated carbocycles. The molecule has 59 heavy (non-hydrogen) atoms. The zero-order chi connectivity index (χ0) is 42.5. The third kappa shape index (κ3) is 17.0. The number of carbonyl (C=O) groups excluding carboxylic acids is 2. The monoisotopic (exact) mass is 869 g/mol. The van der Waals surface area contributed by atoms with E-state index in [2.05, 4.69) is 50.4 Å². The van der Waals surface area contributed by atoms with E-state index in [1.165, 1.54) is 109 Å². The lowest BCUT2D eigenvalue weighted by molar-refractivity contribution is -0.119. The van der Waals surface area contributed by atoms with E-state index in [-0.39, 0.29) is 11.7 Å². The average molecular weight is 871 g/mol. The molecule has 1 unspecified atom stereocenters. The predicted octanol–water partition coefficient (Wildman–Crippen LogP) is 11.1. The lowest BCUT2D eigenvalue weighted by Crippen LogP contribution is -2.36. The summed E-state index contributed by atoms with van der Waals surface area (Å²) in [6.07, 6.45) is 17.0. The highest BCUT2D eigenvalue weighted by Gasteiger charge is 2.29. The van der Waals surface area contributed by atoms with E-state index >= 15 is 0 Å². The van der Waals surface area contributed by atoms with Crippen molar-refractivity contribution in [2.24, 2.45) is 5.92 Å². The number of hydrogen-bond acceptors (Lipinski definition) is 5. The number of alkyl halides is 3. The van der Waals surface area contributed by atoms with Gasteiger partial charge in [0.05, 0.1) is 0 Å². The molecule has 3 aromatic carbocycles. The summed E-state index contributed by atoms with van der Waals surface area (Å²) in [4.78, 5) is 34.3. The summed E-state index contributed by atoms with van der Waals surface area (Å²) < 4.78 is 11.7. The van der Waals surface area contributed by atoms with Gasteiger partial charge in [0, 0.05) is 43.6 Å². The SMILES string of the molecule is CC.CNC(=O)C(Cl)(Cl)Cl.O=C(c1ccccc1)N(CC1=CC(Cc2ccc(F)cc2)CCC1)c1ccc(N(CCCN2CCCCC2)CCCN2CCCCC2)cc1. The lowest BCUT2D eigenvalue weighted by atomic mass is 9.86. The predicted molar refractivity (Wildman–Crippen MR) is 248 cm³/mol. The van der Waals surface area contributed by atoms with E-state index in [1.54, 1.807) is 12.1 Å². The Kier molecular flexibility index (Phi) is 21.6. The first kappa shape index (κ1) is 48.5. The highest BCUT2D eigenvalue weighted by atomic mass is 35.6. The molecule has 3 aromatic rings. The number of anilines is 2. The Balaban J connectivity index is 0.000000689. The quantitative estimate of drug-likeness (QED) is 0.122. The van der Waals surface area contributed by atoms with Gasteiger partial charge in [-0.3, -0.25) is 9.59 Å². The second kappa shape index (κ2) is 26.3. The van der Waals surface area contributed by atoms with E-state index < -0.39 is 9.70 Å². The standard InChI is InChI=1S/C43H57FN4O.C3H4Cl3NO.C2H6/c44-40-19-17-36(18-20-40)33-37-13-10-14-38(34-37)35-48(43(49)39-15-4-1-5-16-39)42-23-21-41(22-24-42)47(31-11-29-45-25-6-2-7-26-45)32-12-30-46-27-8-3-9-28-46;1-7-2(8)3(4,5)6;1-2/h1,4-5,15-24,34,37H,2-3,6-14,25-33,35H2;1H3,(H,7,8);1-2H3. The molecule has 0 aromatic heterocycles. The summed E-state index contributed by atoms with van der Waals surface area (Å²) in [5.74, 6) is -0.381. The van der Waals surface area contributed by atoms with Gasteiger partial charge in [-0.2, -0.15) is 0 Å². The van der Waals surface area contributed by atoms with E-state index in [9.17, 15) is 14.0 Å². The average Bonchev–Trinajstić information content (AvgIpc) is 3.27. The number of nitrogens with zero attached hydrogens (tertiary/aromatic N) is 4. The molecule has 1 atom stereocenters. The molecule has 0 spiro atoms. The van der Waals surface area contributed by atoms with Gasteiger partial charge < -0.3 is 24.9 Å². The maximum absolute atomic E-state index is 14.1. The smallest absolute Gasteiger partial charge is 0.271 e. The Bertz CT molecular complexity index is 1650. The van der Waals surface area contributed by atoms with Gasteiger partial charge in [0.1, 0.15) is 5.82 Å². The number of piperidine rings is 2. The van der Waals surface area contributed by atoms with E-state index in [4.69, 9.17) is 34.8 Å². The number of amides is 2. The molecule has 1 aliphatic carbocycles. The molecule has 2 amide bonds. The number of hydrogen-bond donors (Lipinski definition) is 1. The van der Waals surface area contributed by atoms with Crippen molar-refractivity contribution < 1.29 is 14.0 Å². The molecular formula is C48H67Cl3FN5O2. The molecule has 2 aliphatic heterocycles. The molecule has 2 saturated heterocycles. The fourth-order valence-electron chi connectivity index (χ4n) is 8.22. The summed E-state index contributed by atoms with van der Waals surface area (Å²) in [6.45, 7) is 14.1. The Hall–Kier alpha value is -3.14. The van der Waals surface area contributed by atoms with Gasteiger partial charge in [0.25, 0.3) is 15.6 Å². The van der Waals surface area contributed by atoms with Crippen LogP contribution >= 0.6 is 34.8 Å². The van der Waals surface area contributed by atoms with Crippen molar-refractivity contribution in [1.82, 2.24) is 15.1 Å². The first-order chi connectivity index (χ1) is 28.6. The van der Waals surface area contributed by atoms with Crippen molar-refractivity contribution >= 4 is 58.0 Å². The van der Waals surface area contributed by atoms with Crippen LogP contribution < -0.4 is 15.1 Å². The molecule has 0 bridgehead atoms. The molecule has 3 aliphatic rings. The van der Waals surface area contributed by atoms with E-state index in [0.29, 0.717) is 18.0 Å². The Labute approximate surface area is 369 Å². The third-order valence-electron chi connectivity index (χ3n) is 11.3. The van der Waals surface area contributed by atoms with Crippen molar-refractivity contribution in [2.45, 2.75) is 94.7 Å². The summed E-state index contributed by atoms with van der Waals surface area (Å²) in [7, 11) is 1.39. The van der Waals surface area contributed by atoms with Crippen LogP contribution in [0.5, 0.6) is 0 Å². The number of halogens is 4. The molecule has 7 nitrogen and oxygen atoms in total. The number of likely N-dealkylation sites (tertiary alicyclic amines) is 2. The van der Waals surface area contributed by atoms with Crippen LogP contribution in [0.25, 0.3) is 0 Å². The van der Waals surface area contributed by atoms with Crippen LogP contribution in [-0.4, -0.2) is 91.4 Å². The van der Waals surface area contributed by atoms with Crippen LogP contribution in [0.1, 0.15) is 100 Å². The number of carbonyl (C=O) groups is 2.